The van der Waals surface area contributed by atoms with E-state index in [0.717, 1.165) is 26.3 Å². The van der Waals surface area contributed by atoms with Crippen molar-refractivity contribution in [1.29, 1.82) is 0 Å². The van der Waals surface area contributed by atoms with E-state index < -0.39 is 0 Å². The molecule has 0 aromatic rings. The summed E-state index contributed by atoms with van der Waals surface area (Å²) in [6.45, 7) is 5.55. The first kappa shape index (κ1) is 7.69. The minimum absolute atomic E-state index is 0.238. The van der Waals surface area contributed by atoms with E-state index in [-0.39, 0.29) is 5.78 Å². The standard InChI is InChI=1S/C7H13NO2/c1-7(9)6-8-2-4-10-5-3-8/h2-6H2,1H3/i6+1,8+1,10-1. The van der Waals surface area contributed by atoms with Gasteiger partial charge in [-0.15, -0.1) is 0 Å². The van der Waals surface area contributed by atoms with Gasteiger partial charge in [0.2, 0.25) is 0 Å². The number of carbonyl (C=O) groups excluding carboxylic acids is 1. The Morgan fingerprint density at radius 2 is 2.10 bits per heavy atom. The van der Waals surface area contributed by atoms with Crippen LogP contribution in [-0.2, 0) is 9.53 Å². The van der Waals surface area contributed by atoms with Crippen LogP contribution in [0.25, 0.3) is 0 Å². The molecule has 0 atom stereocenters. The topological polar surface area (TPSA) is 29.5 Å². The van der Waals surface area contributed by atoms with Gasteiger partial charge in [-0.2, -0.15) is 0 Å². The van der Waals surface area contributed by atoms with E-state index >= 15 is 0 Å². The van der Waals surface area contributed by atoms with Crippen LogP contribution in [0.2, 0.25) is 0 Å². The molecule has 0 aromatic carbocycles. The molecule has 0 radical (unpaired) electrons. The van der Waals surface area contributed by atoms with Gasteiger partial charge in [-0.3, -0.25) is 9.69 Å². The number of rotatable bonds is 2. The van der Waals surface area contributed by atoms with Gasteiger partial charge in [0.05, 0.1) is 19.8 Å². The summed E-state index contributed by atoms with van der Waals surface area (Å²) in [5, 5.41) is 0. The minimum Gasteiger partial charge on any atom is -0.379 e. The van der Waals surface area contributed by atoms with Crippen LogP contribution in [0.15, 0.2) is 0 Å². The van der Waals surface area contributed by atoms with Gasteiger partial charge in [-0.05, 0) is 6.92 Å². The molecule has 0 aliphatic carbocycles. The summed E-state index contributed by atoms with van der Waals surface area (Å²) in [5.74, 6) is 0.238. The van der Waals surface area contributed by atoms with Crippen LogP contribution in [0.5, 0.6) is 0 Å². The Kier molecular flexibility index (Phi) is 2.83. The highest BCUT2D eigenvalue weighted by Gasteiger charge is 2.10. The smallest absolute Gasteiger partial charge is 0.143 e. The molecule has 1 rings (SSSR count). The van der Waals surface area contributed by atoms with Crippen LogP contribution in [0.3, 0.4) is 0 Å². The van der Waals surface area contributed by atoms with Gasteiger partial charge in [-0.1, -0.05) is 0 Å². The lowest BCUT2D eigenvalue weighted by molar-refractivity contribution is -0.119. The fraction of sp³-hybridized carbons (Fsp3) is 0.857. The molecule has 0 aromatic heterocycles. The van der Waals surface area contributed by atoms with Crippen LogP contribution in [0.1, 0.15) is 6.92 Å². The first-order valence-electron chi connectivity index (χ1n) is 3.58. The van der Waals surface area contributed by atoms with Gasteiger partial charge in [0.15, 0.2) is 0 Å². The normalized spacial score (nSPS) is 20.9. The van der Waals surface area contributed by atoms with Gasteiger partial charge < -0.3 is 4.74 Å². The van der Waals surface area contributed by atoms with Crippen LogP contribution in [-0.4, -0.2) is 43.5 Å². The molecule has 1 aliphatic rings. The maximum absolute atomic E-state index is 10.6. The molecule has 0 amide bonds. The number of hydrogen-bond donors (Lipinski definition) is 0. The quantitative estimate of drug-likeness (QED) is 0.400. The zero-order chi connectivity index (χ0) is 7.40. The molecular formula is C7H13NO2. The first-order chi connectivity index (χ1) is 4.79. The van der Waals surface area contributed by atoms with Gasteiger partial charge in [-0.25, -0.2) is 0 Å². The molecule has 1 saturated heterocycles. The van der Waals surface area contributed by atoms with Gasteiger partial charge in [0.25, 0.3) is 0 Å². The number of Topliss-reactive ketones (excluding diaryl/α,β-unsaturated/α-hetero) is 1. The third-order valence-corrected chi connectivity index (χ3v) is 1.55. The highest BCUT2D eigenvalue weighted by atomic mass is 16.2. The highest BCUT2D eigenvalue weighted by Crippen LogP contribution is 1.95. The zero-order valence-electron chi connectivity index (χ0n) is 6.30. The van der Waals surface area contributed by atoms with Gasteiger partial charge in [0, 0.05) is 13.1 Å². The van der Waals surface area contributed by atoms with Crippen LogP contribution >= 0.6 is 0 Å². The molecule has 1 aliphatic heterocycles. The molecule has 10 heavy (non-hydrogen) atoms. The third kappa shape index (κ3) is 2.45. The molecule has 0 N–H and O–H groups in total. The van der Waals surface area contributed by atoms with E-state index in [1.54, 1.807) is 6.92 Å². The monoisotopic (exact) mass is 144 g/mol. The van der Waals surface area contributed by atoms with Crippen LogP contribution in [0, 0.1) is 0 Å². The summed E-state index contributed by atoms with van der Waals surface area (Å²) in [4.78, 5) is 12.7. The largest absolute Gasteiger partial charge is 0.379 e. The lowest BCUT2D eigenvalue weighted by Crippen LogP contribution is -2.38. The molecule has 1 fully saturated rings. The number of ether oxygens (including phenoxy) is 1. The highest BCUT2D eigenvalue weighted by molar-refractivity contribution is 5.77. The van der Waals surface area contributed by atoms with Crippen molar-refractivity contribution < 1.29 is 9.53 Å². The summed E-state index contributed by atoms with van der Waals surface area (Å²) in [7, 11) is 0. The van der Waals surface area contributed by atoms with E-state index in [1.807, 2.05) is 0 Å². The van der Waals surface area contributed by atoms with Gasteiger partial charge in [0.1, 0.15) is 5.78 Å². The van der Waals surface area contributed by atoms with E-state index in [1.165, 1.54) is 0 Å². The average molecular weight is 144 g/mol. The second-order valence-corrected chi connectivity index (χ2v) is 2.59. The van der Waals surface area contributed by atoms with E-state index in [0.29, 0.717) is 6.54 Å². The maximum Gasteiger partial charge on any atom is 0.143 e. The molecule has 0 saturated carbocycles. The van der Waals surface area contributed by atoms with Crippen LogP contribution < -0.4 is 0 Å². The summed E-state index contributed by atoms with van der Waals surface area (Å²) >= 11 is 0. The van der Waals surface area contributed by atoms with E-state index in [4.69, 9.17) is 4.74 Å². The predicted octanol–water partition coefficient (Wildman–Crippen LogP) is -0.0924. The van der Waals surface area contributed by atoms with Crippen molar-refractivity contribution in [3.63, 3.8) is 0 Å². The second kappa shape index (κ2) is 3.68. The molecule has 3 nitrogen and oxygen atoms in total. The minimum atomic E-state index is 0.238. The number of nitrogens with zero attached hydrogens (tertiary/aromatic N) is 1. The Morgan fingerprint density at radius 1 is 1.50 bits per heavy atom. The SMILES string of the molecule is CC(=O)[13CH2][15N]1CC[15O]CC1. The van der Waals surface area contributed by atoms with Crippen molar-refractivity contribution in [2.75, 3.05) is 32.8 Å². The Morgan fingerprint density at radius 3 is 2.60 bits per heavy atom. The van der Waals surface area contributed by atoms with Crippen LogP contribution in [0.4, 0.5) is 0 Å². The average Bonchev–Trinajstić information content (AvgIpc) is 1.88. The summed E-state index contributed by atoms with van der Waals surface area (Å²) < 4.78 is 5.13. The first-order valence-corrected chi connectivity index (χ1v) is 3.58. The second-order valence-electron chi connectivity index (χ2n) is 2.59. The van der Waals surface area contributed by atoms with Crippen molar-refractivity contribution in [2.24, 2.45) is 0 Å². The van der Waals surface area contributed by atoms with Crippen molar-refractivity contribution in [3.8, 4) is 0 Å². The molecule has 0 bridgehead atoms. The number of hydrogen-bond acceptors (Lipinski definition) is 3. The molecule has 0 spiro atoms. The molecular weight excluding hydrogens is 131 g/mol. The van der Waals surface area contributed by atoms with E-state index in [2.05, 4.69) is 4.90 Å². The molecule has 0 unspecified atom stereocenters. The van der Waals surface area contributed by atoms with Crippen molar-refractivity contribution in [2.45, 2.75) is 6.92 Å². The molecule has 3 heteroatoms. The fourth-order valence-electron chi connectivity index (χ4n) is 1.07. The number of morpholine rings is 1. The van der Waals surface area contributed by atoms with Crippen molar-refractivity contribution >= 4 is 5.78 Å². The summed E-state index contributed by atoms with van der Waals surface area (Å²) in [6.07, 6.45) is 0. The summed E-state index contributed by atoms with van der Waals surface area (Å²) in [5.41, 5.74) is 0. The number of carbonyl (C=O) groups is 1. The Bertz CT molecular complexity index is 119. The number of ketones is 1. The van der Waals surface area contributed by atoms with E-state index in [9.17, 15) is 4.79 Å². The lowest BCUT2D eigenvalue weighted by Gasteiger charge is -2.25. The predicted molar refractivity (Wildman–Crippen MR) is 37.9 cm³/mol. The van der Waals surface area contributed by atoms with Gasteiger partial charge >= 0.3 is 0 Å². The Hall–Kier alpha value is -0.410. The molecule has 1 heterocycles. The zero-order valence-corrected chi connectivity index (χ0v) is 6.30. The van der Waals surface area contributed by atoms with Crippen molar-refractivity contribution in [1.82, 2.24) is 4.90 Å². The fourth-order valence-corrected chi connectivity index (χ4v) is 1.07. The maximum atomic E-state index is 10.6. The third-order valence-electron chi connectivity index (χ3n) is 1.55. The summed E-state index contributed by atoms with van der Waals surface area (Å²) in [6, 6.07) is 0. The van der Waals surface area contributed by atoms with Crippen molar-refractivity contribution in [3.05, 3.63) is 0 Å². The lowest BCUT2D eigenvalue weighted by atomic mass is 10.5. The Balaban J connectivity index is 2.19. The Labute approximate surface area is 61.0 Å². The molecule has 58 valence electrons.